The summed E-state index contributed by atoms with van der Waals surface area (Å²) >= 11 is 0. The summed E-state index contributed by atoms with van der Waals surface area (Å²) in [6.07, 6.45) is 0. The lowest BCUT2D eigenvalue weighted by Crippen LogP contribution is -2.19. The maximum absolute atomic E-state index is 12.3. The molecule has 0 saturated carbocycles. The minimum atomic E-state index is -0.847. The minimum Gasteiger partial charge on any atom is -0.464 e. The van der Waals surface area contributed by atoms with Gasteiger partial charge in [-0.15, -0.1) is 10.2 Å². The highest BCUT2D eigenvalue weighted by Gasteiger charge is 2.29. The molecule has 3 rings (SSSR count). The zero-order valence-corrected chi connectivity index (χ0v) is 18.7. The smallest absolute Gasteiger partial charge is 0.361 e. The van der Waals surface area contributed by atoms with Crippen molar-refractivity contribution in [1.29, 1.82) is 0 Å². The average molecular weight is 472 g/mol. The van der Waals surface area contributed by atoms with Crippen LogP contribution < -0.4 is 0 Å². The zero-order valence-electron chi connectivity index (χ0n) is 18.7. The lowest BCUT2D eigenvalue weighted by atomic mass is 10.1. The van der Waals surface area contributed by atoms with Gasteiger partial charge in [0.1, 0.15) is 0 Å². The fraction of sp³-hybridized carbons (Fsp3) is 0.300. The van der Waals surface area contributed by atoms with Crippen molar-refractivity contribution in [1.82, 2.24) is 30.0 Å². The van der Waals surface area contributed by atoms with Gasteiger partial charge in [-0.05, 0) is 11.1 Å². The molecule has 0 atom stereocenters. The Kier molecular flexibility index (Phi) is 7.30. The van der Waals surface area contributed by atoms with Crippen LogP contribution in [0.25, 0.3) is 0 Å². The first-order chi connectivity index (χ1) is 16.4. The number of ether oxygens (including phenoxy) is 4. The highest BCUT2D eigenvalue weighted by atomic mass is 16.5. The molecule has 0 fully saturated rings. The molecule has 0 aliphatic carbocycles. The van der Waals surface area contributed by atoms with Gasteiger partial charge in [-0.1, -0.05) is 34.7 Å². The molecule has 0 spiro atoms. The minimum absolute atomic E-state index is 0.0106. The van der Waals surface area contributed by atoms with Crippen LogP contribution >= 0.6 is 0 Å². The van der Waals surface area contributed by atoms with Crippen LogP contribution in [0.3, 0.4) is 0 Å². The molecule has 3 aromatic rings. The van der Waals surface area contributed by atoms with Crippen molar-refractivity contribution in [2.45, 2.75) is 13.1 Å². The van der Waals surface area contributed by atoms with Gasteiger partial charge in [0, 0.05) is 0 Å². The van der Waals surface area contributed by atoms with Crippen molar-refractivity contribution in [3.05, 3.63) is 58.2 Å². The van der Waals surface area contributed by atoms with Crippen LogP contribution in [-0.4, -0.2) is 82.3 Å². The lowest BCUT2D eigenvalue weighted by Gasteiger charge is -2.12. The third kappa shape index (κ3) is 4.60. The van der Waals surface area contributed by atoms with E-state index >= 15 is 0 Å². The molecule has 2 heterocycles. The van der Waals surface area contributed by atoms with Crippen molar-refractivity contribution in [3.63, 3.8) is 0 Å². The Morgan fingerprint density at radius 1 is 0.647 bits per heavy atom. The monoisotopic (exact) mass is 472 g/mol. The van der Waals surface area contributed by atoms with E-state index in [4.69, 9.17) is 9.47 Å². The first kappa shape index (κ1) is 24.0. The second-order valence-corrected chi connectivity index (χ2v) is 6.62. The number of hydrogen-bond acceptors (Lipinski definition) is 12. The van der Waals surface area contributed by atoms with E-state index in [0.29, 0.717) is 11.1 Å². The van der Waals surface area contributed by atoms with E-state index in [9.17, 15) is 19.2 Å². The summed E-state index contributed by atoms with van der Waals surface area (Å²) in [5.74, 6) is -3.34. The Hall–Kier alpha value is -4.62. The van der Waals surface area contributed by atoms with Crippen molar-refractivity contribution in [2.24, 2.45) is 0 Å². The molecule has 34 heavy (non-hydrogen) atoms. The van der Waals surface area contributed by atoms with Crippen LogP contribution in [0.5, 0.6) is 0 Å². The summed E-state index contributed by atoms with van der Waals surface area (Å²) in [4.78, 5) is 48.6. The number of hydrogen-bond donors (Lipinski definition) is 0. The zero-order chi connectivity index (χ0) is 24.8. The number of carbonyl (C=O) groups excluding carboxylic acids is 4. The molecule has 178 valence electrons. The molecule has 0 saturated heterocycles. The Balaban J connectivity index is 2.01. The van der Waals surface area contributed by atoms with Gasteiger partial charge in [-0.3, -0.25) is 0 Å². The van der Waals surface area contributed by atoms with Gasteiger partial charge in [-0.25, -0.2) is 28.5 Å². The molecule has 1 aromatic carbocycles. The SMILES string of the molecule is COC(=O)c1nnn(Cc2ccccc2Cn2nnc(C(=O)OC)c2C(=O)OC)c1C(=O)OC. The molecule has 0 amide bonds. The Bertz CT molecular complexity index is 1150. The molecule has 14 heteroatoms. The van der Waals surface area contributed by atoms with Gasteiger partial charge in [-0.2, -0.15) is 0 Å². The number of benzene rings is 1. The molecular weight excluding hydrogens is 452 g/mol. The third-order valence-corrected chi connectivity index (χ3v) is 4.74. The molecule has 0 radical (unpaired) electrons. The van der Waals surface area contributed by atoms with Gasteiger partial charge in [0.05, 0.1) is 41.5 Å². The molecule has 0 unspecified atom stereocenters. The van der Waals surface area contributed by atoms with E-state index in [0.717, 1.165) is 28.4 Å². The second kappa shape index (κ2) is 10.3. The first-order valence-electron chi connectivity index (χ1n) is 9.63. The van der Waals surface area contributed by atoms with Crippen molar-refractivity contribution in [2.75, 3.05) is 28.4 Å². The number of esters is 4. The second-order valence-electron chi connectivity index (χ2n) is 6.62. The summed E-state index contributed by atoms with van der Waals surface area (Å²) in [6, 6.07) is 6.98. The van der Waals surface area contributed by atoms with E-state index in [1.54, 1.807) is 24.3 Å². The normalized spacial score (nSPS) is 10.5. The lowest BCUT2D eigenvalue weighted by molar-refractivity contribution is 0.0543. The quantitative estimate of drug-likeness (QED) is 0.321. The highest BCUT2D eigenvalue weighted by Crippen LogP contribution is 2.18. The molecule has 2 aromatic heterocycles. The van der Waals surface area contributed by atoms with Crippen LogP contribution in [0, 0.1) is 0 Å². The average Bonchev–Trinajstić information content (AvgIpc) is 3.47. The fourth-order valence-electron chi connectivity index (χ4n) is 3.10. The summed E-state index contributed by atoms with van der Waals surface area (Å²) in [5, 5.41) is 15.3. The van der Waals surface area contributed by atoms with Gasteiger partial charge >= 0.3 is 23.9 Å². The summed E-state index contributed by atoms with van der Waals surface area (Å²) in [5.41, 5.74) is 0.318. The van der Waals surface area contributed by atoms with Crippen molar-refractivity contribution in [3.8, 4) is 0 Å². The van der Waals surface area contributed by atoms with E-state index < -0.39 is 23.9 Å². The van der Waals surface area contributed by atoms with Gasteiger partial charge in [0.25, 0.3) is 0 Å². The molecule has 0 aliphatic heterocycles. The van der Waals surface area contributed by atoms with Crippen molar-refractivity contribution >= 4 is 23.9 Å². The van der Waals surface area contributed by atoms with Crippen LogP contribution in [0.2, 0.25) is 0 Å². The first-order valence-corrected chi connectivity index (χ1v) is 9.63. The fourth-order valence-corrected chi connectivity index (χ4v) is 3.10. The summed E-state index contributed by atoms with van der Waals surface area (Å²) in [6.45, 7) is 0.0213. The van der Waals surface area contributed by atoms with Crippen molar-refractivity contribution < 1.29 is 38.1 Å². The largest absolute Gasteiger partial charge is 0.464 e. The van der Waals surface area contributed by atoms with E-state index in [1.807, 2.05) is 0 Å². The Morgan fingerprint density at radius 3 is 1.32 bits per heavy atom. The maximum Gasteiger partial charge on any atom is 0.361 e. The number of nitrogens with zero attached hydrogens (tertiary/aromatic N) is 6. The molecular formula is C20H20N6O8. The summed E-state index contributed by atoms with van der Waals surface area (Å²) in [7, 11) is 4.62. The topological polar surface area (TPSA) is 167 Å². The standard InChI is InChI=1S/C20H20N6O8/c1-31-17(27)13-15(19(29)33-3)25(23-21-13)9-11-7-5-6-8-12(11)10-26-16(20(30)34-4)14(22-24-26)18(28)32-2/h5-8H,9-10H2,1-4H3. The van der Waals surface area contributed by atoms with Gasteiger partial charge < -0.3 is 18.9 Å². The Morgan fingerprint density at radius 2 is 1.00 bits per heavy atom. The molecule has 0 bridgehead atoms. The Labute approximate surface area is 192 Å². The van der Waals surface area contributed by atoms with Gasteiger partial charge in [0.2, 0.25) is 11.4 Å². The van der Waals surface area contributed by atoms with E-state index in [1.165, 1.54) is 9.36 Å². The maximum atomic E-state index is 12.3. The predicted molar refractivity (Wildman–Crippen MR) is 110 cm³/mol. The third-order valence-electron chi connectivity index (χ3n) is 4.74. The molecule has 14 nitrogen and oxygen atoms in total. The number of aromatic nitrogens is 6. The molecule has 0 N–H and O–H groups in total. The number of carbonyl (C=O) groups is 4. The predicted octanol–water partition coefficient (Wildman–Crippen LogP) is 0.113. The van der Waals surface area contributed by atoms with Crippen LogP contribution in [-0.2, 0) is 32.0 Å². The van der Waals surface area contributed by atoms with Crippen LogP contribution in [0.1, 0.15) is 53.1 Å². The van der Waals surface area contributed by atoms with E-state index in [2.05, 4.69) is 30.1 Å². The summed E-state index contributed by atoms with van der Waals surface area (Å²) < 4.78 is 21.2. The van der Waals surface area contributed by atoms with Gasteiger partial charge in [0.15, 0.2) is 11.4 Å². The van der Waals surface area contributed by atoms with Crippen LogP contribution in [0.15, 0.2) is 24.3 Å². The number of methoxy groups -OCH3 is 4. The van der Waals surface area contributed by atoms with E-state index in [-0.39, 0.29) is 35.9 Å². The molecule has 0 aliphatic rings. The van der Waals surface area contributed by atoms with Crippen LogP contribution in [0.4, 0.5) is 0 Å². The number of rotatable bonds is 8. The highest BCUT2D eigenvalue weighted by molar-refractivity contribution is 6.01.